The van der Waals surface area contributed by atoms with Gasteiger partial charge < -0.3 is 4.52 Å². The van der Waals surface area contributed by atoms with Gasteiger partial charge in [0.2, 0.25) is 15.9 Å². The summed E-state index contributed by atoms with van der Waals surface area (Å²) in [4.78, 5) is 4.38. The number of sulfonamides is 1. The summed E-state index contributed by atoms with van der Waals surface area (Å²) in [6.07, 6.45) is 3.94. The highest BCUT2D eigenvalue weighted by Crippen LogP contribution is 2.46. The second kappa shape index (κ2) is 4.03. The largest absolute Gasteiger partial charge is 0.339 e. The molecule has 6 nitrogen and oxygen atoms in total. The second-order valence-corrected chi connectivity index (χ2v) is 7.28. The van der Waals surface area contributed by atoms with Crippen LogP contribution in [0.4, 0.5) is 0 Å². The van der Waals surface area contributed by atoms with E-state index < -0.39 is 10.0 Å². The number of rotatable bonds is 3. The third-order valence-electron chi connectivity index (χ3n) is 3.81. The van der Waals surface area contributed by atoms with Crippen molar-refractivity contribution in [3.8, 4) is 0 Å². The van der Waals surface area contributed by atoms with Crippen LogP contribution in [0.2, 0.25) is 0 Å². The molecule has 1 saturated carbocycles. The van der Waals surface area contributed by atoms with Gasteiger partial charge in [0.05, 0.1) is 12.3 Å². The van der Waals surface area contributed by atoms with Gasteiger partial charge in [-0.15, -0.1) is 0 Å². The van der Waals surface area contributed by atoms with Crippen molar-refractivity contribution in [3.05, 3.63) is 11.7 Å². The summed E-state index contributed by atoms with van der Waals surface area (Å²) in [6.45, 7) is 2.69. The average molecular weight is 271 g/mol. The molecule has 0 spiro atoms. The van der Waals surface area contributed by atoms with Crippen LogP contribution in [0.25, 0.3) is 0 Å². The van der Waals surface area contributed by atoms with E-state index in [1.54, 1.807) is 0 Å². The maximum atomic E-state index is 11.7. The molecule has 1 aliphatic heterocycles. The highest BCUT2D eigenvalue weighted by atomic mass is 32.2. The summed E-state index contributed by atoms with van der Waals surface area (Å²) in [6, 6.07) is -0.244. The molecule has 0 amide bonds. The van der Waals surface area contributed by atoms with Crippen LogP contribution in [-0.4, -0.2) is 35.7 Å². The summed E-state index contributed by atoms with van der Waals surface area (Å²) in [5.41, 5.74) is 0. The van der Waals surface area contributed by atoms with Crippen LogP contribution in [0.5, 0.6) is 0 Å². The van der Waals surface area contributed by atoms with Gasteiger partial charge in [-0.3, -0.25) is 0 Å². The van der Waals surface area contributed by atoms with Crippen LogP contribution in [0.1, 0.15) is 49.9 Å². The SMILES string of the molecule is C[C@@H]1C[C@H]1c1nc([C@@H]2CCCN2S(C)(=O)=O)no1. The molecule has 1 aromatic rings. The van der Waals surface area contributed by atoms with E-state index in [0.717, 1.165) is 19.3 Å². The van der Waals surface area contributed by atoms with Crippen molar-refractivity contribution >= 4 is 10.0 Å². The highest BCUT2D eigenvalue weighted by molar-refractivity contribution is 7.88. The lowest BCUT2D eigenvalue weighted by Gasteiger charge is -2.18. The van der Waals surface area contributed by atoms with Gasteiger partial charge in [-0.25, -0.2) is 8.42 Å². The van der Waals surface area contributed by atoms with Crippen LogP contribution in [0, 0.1) is 5.92 Å². The molecule has 0 aromatic carbocycles. The Kier molecular flexibility index (Phi) is 2.71. The number of hydrogen-bond acceptors (Lipinski definition) is 5. The van der Waals surface area contributed by atoms with E-state index in [0.29, 0.717) is 30.1 Å². The number of aromatic nitrogens is 2. The minimum Gasteiger partial charge on any atom is -0.339 e. The fraction of sp³-hybridized carbons (Fsp3) is 0.818. The van der Waals surface area contributed by atoms with Crippen molar-refractivity contribution in [2.45, 2.75) is 38.1 Å². The minimum atomic E-state index is -3.19. The zero-order chi connectivity index (χ0) is 12.9. The molecule has 7 heteroatoms. The van der Waals surface area contributed by atoms with Crippen molar-refractivity contribution in [2.24, 2.45) is 5.92 Å². The molecular formula is C11H17N3O3S. The average Bonchev–Trinajstić information content (AvgIpc) is 2.75. The van der Waals surface area contributed by atoms with Crippen molar-refractivity contribution < 1.29 is 12.9 Å². The van der Waals surface area contributed by atoms with Crippen molar-refractivity contribution in [1.29, 1.82) is 0 Å². The molecule has 3 rings (SSSR count). The Hall–Kier alpha value is -0.950. The number of nitrogens with zero attached hydrogens (tertiary/aromatic N) is 3. The van der Waals surface area contributed by atoms with Gasteiger partial charge in [0.1, 0.15) is 0 Å². The molecule has 1 aromatic heterocycles. The minimum absolute atomic E-state index is 0.244. The van der Waals surface area contributed by atoms with Crippen molar-refractivity contribution in [2.75, 3.05) is 12.8 Å². The monoisotopic (exact) mass is 271 g/mol. The molecule has 2 heterocycles. The quantitative estimate of drug-likeness (QED) is 0.828. The standard InChI is InChI=1S/C11H17N3O3S/c1-7-6-8(7)11-12-10(13-17-11)9-4-3-5-14(9)18(2,15)16/h7-9H,3-6H2,1-2H3/t7-,8-,9+/m1/s1. The van der Waals surface area contributed by atoms with Gasteiger partial charge in [-0.1, -0.05) is 12.1 Å². The molecule has 100 valence electrons. The van der Waals surface area contributed by atoms with Gasteiger partial charge in [0, 0.05) is 12.5 Å². The first kappa shape index (κ1) is 12.1. The maximum absolute atomic E-state index is 11.7. The van der Waals surface area contributed by atoms with E-state index in [1.807, 2.05) is 0 Å². The van der Waals surface area contributed by atoms with Crippen LogP contribution < -0.4 is 0 Å². The summed E-state index contributed by atoms with van der Waals surface area (Å²) < 4.78 is 30.0. The molecule has 0 radical (unpaired) electrons. The summed E-state index contributed by atoms with van der Waals surface area (Å²) in [7, 11) is -3.19. The zero-order valence-electron chi connectivity index (χ0n) is 10.5. The van der Waals surface area contributed by atoms with E-state index >= 15 is 0 Å². The summed E-state index contributed by atoms with van der Waals surface area (Å²) in [5.74, 6) is 2.16. The van der Waals surface area contributed by atoms with Crippen LogP contribution in [0.15, 0.2) is 4.52 Å². The molecule has 0 unspecified atom stereocenters. The Morgan fingerprint density at radius 2 is 2.17 bits per heavy atom. The third kappa shape index (κ3) is 2.05. The molecule has 1 saturated heterocycles. The fourth-order valence-electron chi connectivity index (χ4n) is 2.59. The van der Waals surface area contributed by atoms with E-state index in [2.05, 4.69) is 17.1 Å². The van der Waals surface area contributed by atoms with E-state index in [9.17, 15) is 8.42 Å². The van der Waals surface area contributed by atoms with Gasteiger partial charge in [0.15, 0.2) is 5.82 Å². The van der Waals surface area contributed by atoms with E-state index in [1.165, 1.54) is 10.6 Å². The van der Waals surface area contributed by atoms with E-state index in [-0.39, 0.29) is 6.04 Å². The molecule has 3 atom stereocenters. The summed E-state index contributed by atoms with van der Waals surface area (Å²) >= 11 is 0. The second-order valence-electron chi connectivity index (χ2n) is 5.34. The maximum Gasteiger partial charge on any atom is 0.230 e. The topological polar surface area (TPSA) is 76.3 Å². The molecule has 18 heavy (non-hydrogen) atoms. The van der Waals surface area contributed by atoms with Gasteiger partial charge >= 0.3 is 0 Å². The molecular weight excluding hydrogens is 254 g/mol. The predicted molar refractivity (Wildman–Crippen MR) is 64.3 cm³/mol. The van der Waals surface area contributed by atoms with Crippen molar-refractivity contribution in [1.82, 2.24) is 14.4 Å². The lowest BCUT2D eigenvalue weighted by molar-refractivity contribution is 0.344. The Balaban J connectivity index is 1.83. The molecule has 2 fully saturated rings. The lowest BCUT2D eigenvalue weighted by Crippen LogP contribution is -2.30. The number of hydrogen-bond donors (Lipinski definition) is 0. The highest BCUT2D eigenvalue weighted by Gasteiger charge is 2.41. The molecule has 1 aliphatic carbocycles. The lowest BCUT2D eigenvalue weighted by atomic mass is 10.2. The summed E-state index contributed by atoms with van der Waals surface area (Å²) in [5, 5.41) is 3.97. The first-order valence-electron chi connectivity index (χ1n) is 6.27. The Morgan fingerprint density at radius 3 is 2.78 bits per heavy atom. The first-order valence-corrected chi connectivity index (χ1v) is 8.12. The van der Waals surface area contributed by atoms with Crippen LogP contribution >= 0.6 is 0 Å². The van der Waals surface area contributed by atoms with Crippen LogP contribution in [0.3, 0.4) is 0 Å². The van der Waals surface area contributed by atoms with Gasteiger partial charge in [0.25, 0.3) is 0 Å². The predicted octanol–water partition coefficient (Wildman–Crippen LogP) is 1.29. The third-order valence-corrected chi connectivity index (χ3v) is 5.10. The molecule has 0 bridgehead atoms. The normalized spacial score (nSPS) is 32.9. The van der Waals surface area contributed by atoms with Gasteiger partial charge in [-0.2, -0.15) is 9.29 Å². The first-order chi connectivity index (χ1) is 8.47. The Bertz CT molecular complexity index is 554. The molecule has 0 N–H and O–H groups in total. The van der Waals surface area contributed by atoms with Crippen LogP contribution in [-0.2, 0) is 10.0 Å². The Labute approximate surface area is 106 Å². The fourth-order valence-corrected chi connectivity index (χ4v) is 3.72. The van der Waals surface area contributed by atoms with Crippen molar-refractivity contribution in [3.63, 3.8) is 0 Å². The molecule has 2 aliphatic rings. The van der Waals surface area contributed by atoms with Gasteiger partial charge in [-0.05, 0) is 25.2 Å². The van der Waals surface area contributed by atoms with E-state index in [4.69, 9.17) is 4.52 Å². The zero-order valence-corrected chi connectivity index (χ0v) is 11.4. The smallest absolute Gasteiger partial charge is 0.230 e. The Morgan fingerprint density at radius 1 is 1.44 bits per heavy atom.